The Morgan fingerprint density at radius 2 is 2.31 bits per heavy atom. The summed E-state index contributed by atoms with van der Waals surface area (Å²) in [4.78, 5) is 11.0. The summed E-state index contributed by atoms with van der Waals surface area (Å²) >= 11 is 0. The fraction of sp³-hybridized carbons (Fsp3) is 0.889. The third-order valence-electron chi connectivity index (χ3n) is 1.81. The van der Waals surface area contributed by atoms with Crippen LogP contribution in [-0.2, 0) is 19.0 Å². The van der Waals surface area contributed by atoms with Gasteiger partial charge in [-0.1, -0.05) is 13.3 Å². The second kappa shape index (κ2) is 5.94. The zero-order chi connectivity index (χ0) is 9.52. The van der Waals surface area contributed by atoms with Crippen LogP contribution >= 0.6 is 0 Å². The smallest absolute Gasteiger partial charge is 0.332 e. The Morgan fingerprint density at radius 1 is 1.54 bits per heavy atom. The van der Waals surface area contributed by atoms with Crippen LogP contribution < -0.4 is 0 Å². The predicted octanol–water partition coefficient (Wildman–Crippen LogP) is 0.745. The van der Waals surface area contributed by atoms with E-state index in [9.17, 15) is 4.79 Å². The first-order valence-electron chi connectivity index (χ1n) is 4.68. The quantitative estimate of drug-likeness (QED) is 0.455. The summed E-state index contributed by atoms with van der Waals surface area (Å²) in [6.45, 7) is 3.80. The minimum absolute atomic E-state index is 0.0533. The first-order valence-corrected chi connectivity index (χ1v) is 4.68. The highest BCUT2D eigenvalue weighted by molar-refractivity contribution is 5.70. The number of esters is 1. The van der Waals surface area contributed by atoms with Crippen LogP contribution in [0.3, 0.4) is 0 Å². The molecule has 0 atom stereocenters. The SMILES string of the molecule is CCCCOC(=O)COC1COC1. The highest BCUT2D eigenvalue weighted by Crippen LogP contribution is 2.04. The van der Waals surface area contributed by atoms with E-state index in [2.05, 4.69) is 6.92 Å². The van der Waals surface area contributed by atoms with E-state index in [1.54, 1.807) is 0 Å². The lowest BCUT2D eigenvalue weighted by molar-refractivity contribution is -0.165. The summed E-state index contributed by atoms with van der Waals surface area (Å²) < 4.78 is 15.0. The molecular weight excluding hydrogens is 172 g/mol. The molecule has 1 rings (SSSR count). The van der Waals surface area contributed by atoms with Gasteiger partial charge in [-0.25, -0.2) is 4.79 Å². The molecule has 0 aromatic heterocycles. The molecule has 1 aliphatic rings. The summed E-state index contributed by atoms with van der Waals surface area (Å²) in [7, 11) is 0. The molecule has 76 valence electrons. The van der Waals surface area contributed by atoms with Crippen LogP contribution in [0, 0.1) is 0 Å². The molecule has 4 nitrogen and oxygen atoms in total. The van der Waals surface area contributed by atoms with Crippen molar-refractivity contribution in [3.8, 4) is 0 Å². The van der Waals surface area contributed by atoms with Crippen LogP contribution in [0.25, 0.3) is 0 Å². The van der Waals surface area contributed by atoms with Gasteiger partial charge in [-0.05, 0) is 6.42 Å². The summed E-state index contributed by atoms with van der Waals surface area (Å²) in [5.74, 6) is -0.277. The molecule has 0 aromatic carbocycles. The van der Waals surface area contributed by atoms with Crippen molar-refractivity contribution in [1.29, 1.82) is 0 Å². The first-order chi connectivity index (χ1) is 6.33. The second-order valence-electron chi connectivity index (χ2n) is 3.04. The fourth-order valence-corrected chi connectivity index (χ4v) is 0.868. The van der Waals surface area contributed by atoms with E-state index in [4.69, 9.17) is 14.2 Å². The summed E-state index contributed by atoms with van der Waals surface area (Å²) in [5.41, 5.74) is 0. The van der Waals surface area contributed by atoms with E-state index in [1.807, 2.05) is 0 Å². The molecular formula is C9H16O4. The van der Waals surface area contributed by atoms with Gasteiger partial charge in [0.15, 0.2) is 0 Å². The second-order valence-corrected chi connectivity index (χ2v) is 3.04. The van der Waals surface area contributed by atoms with Gasteiger partial charge in [-0.3, -0.25) is 0 Å². The zero-order valence-electron chi connectivity index (χ0n) is 7.95. The minimum atomic E-state index is -0.277. The standard InChI is InChI=1S/C9H16O4/c1-2-3-4-12-9(10)7-13-8-5-11-6-8/h8H,2-7H2,1H3. The Hall–Kier alpha value is -0.610. The molecule has 1 heterocycles. The number of carbonyl (C=O) groups is 1. The molecule has 0 bridgehead atoms. The molecule has 0 aromatic rings. The van der Waals surface area contributed by atoms with Crippen molar-refractivity contribution < 1.29 is 19.0 Å². The van der Waals surface area contributed by atoms with Crippen LogP contribution in [0.2, 0.25) is 0 Å². The normalized spacial score (nSPS) is 16.7. The van der Waals surface area contributed by atoms with Crippen molar-refractivity contribution >= 4 is 5.97 Å². The van der Waals surface area contributed by atoms with Crippen molar-refractivity contribution in [2.75, 3.05) is 26.4 Å². The van der Waals surface area contributed by atoms with Gasteiger partial charge in [-0.2, -0.15) is 0 Å². The largest absolute Gasteiger partial charge is 0.464 e. The molecule has 0 aliphatic carbocycles. The summed E-state index contributed by atoms with van der Waals surface area (Å²) in [5, 5.41) is 0. The Kier molecular flexibility index (Phi) is 4.78. The Balaban J connectivity index is 1.90. The molecule has 0 radical (unpaired) electrons. The lowest BCUT2D eigenvalue weighted by Gasteiger charge is -2.25. The van der Waals surface area contributed by atoms with E-state index in [1.165, 1.54) is 0 Å². The van der Waals surface area contributed by atoms with E-state index in [0.717, 1.165) is 12.8 Å². The van der Waals surface area contributed by atoms with E-state index >= 15 is 0 Å². The van der Waals surface area contributed by atoms with Crippen molar-refractivity contribution in [3.63, 3.8) is 0 Å². The number of unbranched alkanes of at least 4 members (excludes halogenated alkanes) is 1. The predicted molar refractivity (Wildman–Crippen MR) is 46.4 cm³/mol. The third-order valence-corrected chi connectivity index (χ3v) is 1.81. The number of carbonyl (C=O) groups excluding carboxylic acids is 1. The number of ether oxygens (including phenoxy) is 3. The van der Waals surface area contributed by atoms with Gasteiger partial charge in [0, 0.05) is 0 Å². The molecule has 1 saturated heterocycles. The average molecular weight is 188 g/mol. The summed E-state index contributed by atoms with van der Waals surface area (Å²) in [6, 6.07) is 0. The van der Waals surface area contributed by atoms with Crippen LogP contribution in [0.5, 0.6) is 0 Å². The maximum atomic E-state index is 11.0. The Labute approximate surface area is 78.2 Å². The van der Waals surface area contributed by atoms with Crippen molar-refractivity contribution in [1.82, 2.24) is 0 Å². The molecule has 0 unspecified atom stereocenters. The maximum absolute atomic E-state index is 11.0. The topological polar surface area (TPSA) is 44.8 Å². The Bertz CT molecular complexity index is 154. The van der Waals surface area contributed by atoms with Crippen LogP contribution in [-0.4, -0.2) is 38.5 Å². The number of hydrogen-bond acceptors (Lipinski definition) is 4. The third kappa shape index (κ3) is 4.24. The van der Waals surface area contributed by atoms with Crippen molar-refractivity contribution in [2.24, 2.45) is 0 Å². The van der Waals surface area contributed by atoms with E-state index in [0.29, 0.717) is 19.8 Å². The van der Waals surface area contributed by atoms with Gasteiger partial charge in [-0.15, -0.1) is 0 Å². The lowest BCUT2D eigenvalue weighted by Crippen LogP contribution is -2.37. The first kappa shape index (κ1) is 10.5. The van der Waals surface area contributed by atoms with Crippen LogP contribution in [0.1, 0.15) is 19.8 Å². The molecule has 0 amide bonds. The molecule has 0 spiro atoms. The molecule has 1 aliphatic heterocycles. The average Bonchev–Trinajstić information content (AvgIpc) is 2.02. The molecule has 13 heavy (non-hydrogen) atoms. The van der Waals surface area contributed by atoms with E-state index in [-0.39, 0.29) is 18.7 Å². The van der Waals surface area contributed by atoms with E-state index < -0.39 is 0 Å². The lowest BCUT2D eigenvalue weighted by atomic mass is 10.3. The van der Waals surface area contributed by atoms with Gasteiger partial charge in [0.25, 0.3) is 0 Å². The van der Waals surface area contributed by atoms with Gasteiger partial charge in [0.05, 0.1) is 19.8 Å². The molecule has 1 fully saturated rings. The molecule has 0 saturated carbocycles. The molecule has 0 N–H and O–H groups in total. The Morgan fingerprint density at radius 3 is 2.85 bits per heavy atom. The number of hydrogen-bond donors (Lipinski definition) is 0. The fourth-order valence-electron chi connectivity index (χ4n) is 0.868. The van der Waals surface area contributed by atoms with Gasteiger partial charge >= 0.3 is 5.97 Å². The monoisotopic (exact) mass is 188 g/mol. The van der Waals surface area contributed by atoms with Gasteiger partial charge in [0.2, 0.25) is 0 Å². The van der Waals surface area contributed by atoms with Crippen LogP contribution in [0.4, 0.5) is 0 Å². The van der Waals surface area contributed by atoms with Gasteiger partial charge in [0.1, 0.15) is 12.7 Å². The highest BCUT2D eigenvalue weighted by atomic mass is 16.6. The van der Waals surface area contributed by atoms with Crippen molar-refractivity contribution in [3.05, 3.63) is 0 Å². The maximum Gasteiger partial charge on any atom is 0.332 e. The molecule has 4 heteroatoms. The zero-order valence-corrected chi connectivity index (χ0v) is 7.95. The van der Waals surface area contributed by atoms with Crippen molar-refractivity contribution in [2.45, 2.75) is 25.9 Å². The van der Waals surface area contributed by atoms with Gasteiger partial charge < -0.3 is 14.2 Å². The highest BCUT2D eigenvalue weighted by Gasteiger charge is 2.20. The van der Waals surface area contributed by atoms with Crippen LogP contribution in [0.15, 0.2) is 0 Å². The number of rotatable bonds is 6. The summed E-state index contributed by atoms with van der Waals surface area (Å²) in [6.07, 6.45) is 2.04. The minimum Gasteiger partial charge on any atom is -0.464 e.